The first-order chi connectivity index (χ1) is 21.5. The van der Waals surface area contributed by atoms with Crippen molar-refractivity contribution in [1.82, 2.24) is 19.4 Å². The molecule has 2 heterocycles. The Kier molecular flexibility index (Phi) is 8.23. The minimum absolute atomic E-state index is 0.0602. The van der Waals surface area contributed by atoms with E-state index in [2.05, 4.69) is 56.0 Å². The molecule has 4 fully saturated rings. The normalized spacial score (nSPS) is 27.6. The molecular formula is C35H44FN7O2. The van der Waals surface area contributed by atoms with Crippen molar-refractivity contribution in [2.45, 2.75) is 78.6 Å². The van der Waals surface area contributed by atoms with Crippen molar-refractivity contribution in [3.05, 3.63) is 64.5 Å². The first-order valence-electron chi connectivity index (χ1n) is 16.1. The van der Waals surface area contributed by atoms with Gasteiger partial charge in [-0.05, 0) is 86.1 Å². The van der Waals surface area contributed by atoms with E-state index in [9.17, 15) is 14.4 Å². The van der Waals surface area contributed by atoms with Crippen LogP contribution in [-0.2, 0) is 13.0 Å². The number of hydrogen-bond donors (Lipinski definition) is 1. The van der Waals surface area contributed by atoms with Crippen molar-refractivity contribution < 1.29 is 9.13 Å². The Morgan fingerprint density at radius 2 is 1.91 bits per heavy atom. The summed E-state index contributed by atoms with van der Waals surface area (Å²) in [7, 11) is 1.50. The van der Waals surface area contributed by atoms with Gasteiger partial charge >= 0.3 is 0 Å². The van der Waals surface area contributed by atoms with E-state index in [1.165, 1.54) is 30.5 Å². The molecule has 4 aliphatic rings. The lowest BCUT2D eigenvalue weighted by Crippen LogP contribution is -2.59. The SMILES string of the molecule is COc1ccc(CCn2cnc3cc(NC(=NC4C[C@H]5C[C@@H]([C@@H]4C)C5(C)C)N4C[C@H](C)N(C#N)[C@@H](C)C4)ccc3c2=O)c(F)c1. The zero-order valence-electron chi connectivity index (χ0n) is 27.1. The van der Waals surface area contributed by atoms with Crippen LogP contribution in [0, 0.1) is 40.4 Å². The van der Waals surface area contributed by atoms with Crippen molar-refractivity contribution in [2.24, 2.45) is 28.2 Å². The summed E-state index contributed by atoms with van der Waals surface area (Å²) in [5, 5.41) is 13.8. The second-order valence-electron chi connectivity index (χ2n) is 13.9. The molecule has 0 radical (unpaired) electrons. The minimum atomic E-state index is -0.356. The standard InChI is InChI=1S/C35H44FN7O2/c1-21-17-42(18-22(2)43(21)19-37)34(40-31-14-25-13-29(23(31)3)35(25,4)5)39-26-8-10-28-32(15-26)38-20-41(33(28)44)12-11-24-7-9-27(45-6)16-30(24)36/h7-10,15-16,20-23,25,29,31H,11-14,17-18H2,1-6H3,(H,39,40)/t21-,22-,23-,25+,29-,31?/m0/s1. The number of methoxy groups -OCH3 is 1. The van der Waals surface area contributed by atoms with Gasteiger partial charge in [0, 0.05) is 31.4 Å². The molecule has 1 aromatic heterocycles. The topological polar surface area (TPSA) is 98.8 Å². The van der Waals surface area contributed by atoms with Gasteiger partial charge in [-0.25, -0.2) is 14.4 Å². The Balaban J connectivity index is 1.25. The number of anilines is 1. The van der Waals surface area contributed by atoms with Crippen LogP contribution in [0.15, 0.2) is 52.5 Å². The van der Waals surface area contributed by atoms with Gasteiger partial charge in [0.05, 0.1) is 42.5 Å². The van der Waals surface area contributed by atoms with E-state index in [-0.39, 0.29) is 29.5 Å². The fourth-order valence-corrected chi connectivity index (χ4v) is 7.96. The number of nitriles is 1. The van der Waals surface area contributed by atoms with Crippen LogP contribution in [0.5, 0.6) is 5.75 Å². The number of aliphatic imine (C=N–C) groups is 1. The predicted molar refractivity (Wildman–Crippen MR) is 175 cm³/mol. The number of nitrogens with one attached hydrogen (secondary N) is 1. The van der Waals surface area contributed by atoms with Crippen molar-refractivity contribution in [3.8, 4) is 11.9 Å². The minimum Gasteiger partial charge on any atom is -0.497 e. The highest BCUT2D eigenvalue weighted by molar-refractivity contribution is 5.96. The van der Waals surface area contributed by atoms with E-state index in [1.54, 1.807) is 18.2 Å². The van der Waals surface area contributed by atoms with E-state index >= 15 is 0 Å². The molecule has 1 saturated heterocycles. The Labute approximate surface area is 264 Å². The molecule has 3 aromatic rings. The number of nitrogens with zero attached hydrogens (tertiary/aromatic N) is 6. The molecular weight excluding hydrogens is 569 g/mol. The van der Waals surface area contributed by atoms with Crippen molar-refractivity contribution in [2.75, 3.05) is 25.5 Å². The maximum atomic E-state index is 14.5. The average Bonchev–Trinajstić information content (AvgIpc) is 3.01. The number of ether oxygens (including phenoxy) is 1. The third-order valence-corrected chi connectivity index (χ3v) is 10.9. The highest BCUT2D eigenvalue weighted by atomic mass is 19.1. The third kappa shape index (κ3) is 5.73. The average molecular weight is 614 g/mol. The van der Waals surface area contributed by atoms with Crippen molar-refractivity contribution >= 4 is 22.5 Å². The molecule has 1 N–H and O–H groups in total. The molecule has 238 valence electrons. The summed E-state index contributed by atoms with van der Waals surface area (Å²) in [6.45, 7) is 13.0. The summed E-state index contributed by atoms with van der Waals surface area (Å²) in [6.07, 6.45) is 6.63. The maximum absolute atomic E-state index is 14.5. The van der Waals surface area contributed by atoms with Crippen molar-refractivity contribution in [1.29, 1.82) is 5.26 Å². The summed E-state index contributed by atoms with van der Waals surface area (Å²) in [5.74, 6) is 2.77. The molecule has 10 heteroatoms. The number of aromatic nitrogens is 2. The van der Waals surface area contributed by atoms with Gasteiger partial charge in [-0.15, -0.1) is 0 Å². The molecule has 7 rings (SSSR count). The largest absolute Gasteiger partial charge is 0.497 e. The molecule has 3 saturated carbocycles. The van der Waals surface area contributed by atoms with Gasteiger partial charge in [0.2, 0.25) is 0 Å². The quantitative estimate of drug-likeness (QED) is 0.223. The number of piperazine rings is 1. The van der Waals surface area contributed by atoms with E-state index < -0.39 is 0 Å². The monoisotopic (exact) mass is 613 g/mol. The number of fused-ring (bicyclic) bond motifs is 3. The van der Waals surface area contributed by atoms with Gasteiger partial charge in [0.15, 0.2) is 12.2 Å². The Morgan fingerprint density at radius 3 is 2.56 bits per heavy atom. The second kappa shape index (κ2) is 12.0. The van der Waals surface area contributed by atoms with Crippen LogP contribution in [0.25, 0.3) is 10.9 Å². The van der Waals surface area contributed by atoms with Crippen LogP contribution in [0.3, 0.4) is 0 Å². The number of guanidine groups is 1. The van der Waals surface area contributed by atoms with Gasteiger partial charge in [0.25, 0.3) is 5.56 Å². The molecule has 2 bridgehead atoms. The van der Waals surface area contributed by atoms with E-state index in [0.717, 1.165) is 18.1 Å². The smallest absolute Gasteiger partial charge is 0.261 e. The number of hydrogen-bond acceptors (Lipinski definition) is 6. The van der Waals surface area contributed by atoms with Crippen LogP contribution in [0.2, 0.25) is 0 Å². The second-order valence-corrected chi connectivity index (χ2v) is 13.9. The number of halogens is 1. The predicted octanol–water partition coefficient (Wildman–Crippen LogP) is 5.50. The van der Waals surface area contributed by atoms with Gasteiger partial charge in [-0.1, -0.05) is 26.8 Å². The molecule has 45 heavy (non-hydrogen) atoms. The van der Waals surface area contributed by atoms with E-state index in [0.29, 0.717) is 71.4 Å². The van der Waals surface area contributed by atoms with Gasteiger partial charge < -0.3 is 19.9 Å². The van der Waals surface area contributed by atoms with Crippen molar-refractivity contribution in [3.63, 3.8) is 0 Å². The zero-order chi connectivity index (χ0) is 32.0. The van der Waals surface area contributed by atoms with Gasteiger partial charge in [-0.3, -0.25) is 9.36 Å². The number of rotatable bonds is 6. The highest BCUT2D eigenvalue weighted by Gasteiger charge is 2.56. The third-order valence-electron chi connectivity index (χ3n) is 10.9. The molecule has 3 aliphatic carbocycles. The molecule has 1 unspecified atom stereocenters. The van der Waals surface area contributed by atoms with Crippen LogP contribution in [0.1, 0.15) is 53.0 Å². The fourth-order valence-electron chi connectivity index (χ4n) is 7.96. The summed E-state index contributed by atoms with van der Waals surface area (Å²) >= 11 is 0. The number of aryl methyl sites for hydroxylation is 2. The van der Waals surface area contributed by atoms with E-state index in [1.807, 2.05) is 17.0 Å². The maximum Gasteiger partial charge on any atom is 0.261 e. The van der Waals surface area contributed by atoms with Gasteiger partial charge in [-0.2, -0.15) is 5.26 Å². The zero-order valence-corrected chi connectivity index (χ0v) is 27.1. The molecule has 0 spiro atoms. The summed E-state index contributed by atoms with van der Waals surface area (Å²) < 4.78 is 21.1. The Hall–Kier alpha value is -4.13. The first kappa shape index (κ1) is 30.9. The first-order valence-corrected chi connectivity index (χ1v) is 16.1. The Morgan fingerprint density at radius 1 is 1.16 bits per heavy atom. The number of benzene rings is 2. The fraction of sp³-hybridized carbons (Fsp3) is 0.543. The molecule has 0 amide bonds. The molecule has 6 atom stereocenters. The summed E-state index contributed by atoms with van der Waals surface area (Å²) in [5.41, 5.74) is 2.12. The summed E-state index contributed by atoms with van der Waals surface area (Å²) in [6, 6.07) is 10.7. The van der Waals surface area contributed by atoms with Crippen LogP contribution in [-0.4, -0.2) is 63.6 Å². The summed E-state index contributed by atoms with van der Waals surface area (Å²) in [4.78, 5) is 27.5. The molecule has 2 aromatic carbocycles. The lowest BCUT2D eigenvalue weighted by atomic mass is 9.45. The van der Waals surface area contributed by atoms with Crippen LogP contribution in [0.4, 0.5) is 10.1 Å². The molecule has 9 nitrogen and oxygen atoms in total. The van der Waals surface area contributed by atoms with Gasteiger partial charge in [0.1, 0.15) is 11.6 Å². The Bertz CT molecular complexity index is 1700. The lowest BCUT2D eigenvalue weighted by molar-refractivity contribution is -0.108. The van der Waals surface area contributed by atoms with Crippen LogP contribution < -0.4 is 15.6 Å². The lowest BCUT2D eigenvalue weighted by Gasteiger charge is -2.61. The van der Waals surface area contributed by atoms with E-state index in [4.69, 9.17) is 9.73 Å². The highest BCUT2D eigenvalue weighted by Crippen LogP contribution is 2.61. The van der Waals surface area contributed by atoms with Crippen LogP contribution >= 0.6 is 0 Å². The molecule has 1 aliphatic heterocycles.